The number of halogens is 1. The van der Waals surface area contributed by atoms with Gasteiger partial charge >= 0.3 is 5.97 Å². The largest absolute Gasteiger partial charge is 0.452 e. The maximum Gasteiger partial charge on any atom is 0.340 e. The molecule has 174 valence electrons. The number of rotatable bonds is 4. The number of ketones is 2. The van der Waals surface area contributed by atoms with E-state index in [4.69, 9.17) is 16.3 Å². The van der Waals surface area contributed by atoms with Gasteiger partial charge in [-0.3, -0.25) is 14.4 Å². The summed E-state index contributed by atoms with van der Waals surface area (Å²) >= 11 is 6.43. The number of fused-ring (bicyclic) bond motifs is 2. The molecule has 1 amide bonds. The summed E-state index contributed by atoms with van der Waals surface area (Å²) in [5.74, 6) is 0.222. The summed E-state index contributed by atoms with van der Waals surface area (Å²) in [6.45, 7) is -0.413. The van der Waals surface area contributed by atoms with Crippen LogP contribution in [0.5, 0.6) is 0 Å². The normalized spacial score (nSPS) is 28.3. The number of carbonyl (C=O) groups is 4. The average Bonchev–Trinajstić information content (AvgIpc) is 2.79. The van der Waals surface area contributed by atoms with Crippen LogP contribution >= 0.6 is 11.6 Å². The number of nitrogens with one attached hydrogen (secondary N) is 1. The first-order valence-electron chi connectivity index (χ1n) is 11.8. The first-order chi connectivity index (χ1) is 16.3. The molecule has 2 aromatic carbocycles. The summed E-state index contributed by atoms with van der Waals surface area (Å²) < 4.78 is 5.28. The Balaban J connectivity index is 1.17. The summed E-state index contributed by atoms with van der Waals surface area (Å²) in [6, 6.07) is 9.31. The number of hydrogen-bond donors (Lipinski definition) is 1. The van der Waals surface area contributed by atoms with Crippen molar-refractivity contribution in [3.63, 3.8) is 0 Å². The fourth-order valence-electron chi connectivity index (χ4n) is 7.11. The fourth-order valence-corrected chi connectivity index (χ4v) is 7.44. The van der Waals surface area contributed by atoms with Crippen LogP contribution in [0.3, 0.4) is 0 Å². The zero-order valence-electron chi connectivity index (χ0n) is 18.6. The monoisotopic (exact) mass is 477 g/mol. The zero-order chi connectivity index (χ0) is 23.6. The molecule has 0 atom stereocenters. The van der Waals surface area contributed by atoms with Crippen LogP contribution < -0.4 is 5.32 Å². The first kappa shape index (κ1) is 21.5. The molecule has 6 nitrogen and oxygen atoms in total. The molecule has 2 aromatic rings. The molecule has 0 radical (unpaired) electrons. The van der Waals surface area contributed by atoms with E-state index in [0.29, 0.717) is 23.3 Å². The van der Waals surface area contributed by atoms with E-state index in [9.17, 15) is 19.2 Å². The molecule has 1 N–H and O–H groups in total. The van der Waals surface area contributed by atoms with Gasteiger partial charge in [0, 0.05) is 22.2 Å². The van der Waals surface area contributed by atoms with Crippen LogP contribution in [0.2, 0.25) is 5.02 Å². The van der Waals surface area contributed by atoms with Crippen molar-refractivity contribution in [3.8, 4) is 0 Å². The van der Waals surface area contributed by atoms with Crippen LogP contribution in [0.1, 0.15) is 80.7 Å². The van der Waals surface area contributed by atoms with Crippen molar-refractivity contribution < 1.29 is 23.9 Å². The molecule has 4 saturated carbocycles. The third-order valence-electron chi connectivity index (χ3n) is 8.03. The van der Waals surface area contributed by atoms with Crippen molar-refractivity contribution in [3.05, 3.63) is 69.2 Å². The number of benzene rings is 2. The highest BCUT2D eigenvalue weighted by atomic mass is 35.5. The van der Waals surface area contributed by atoms with Gasteiger partial charge in [0.25, 0.3) is 5.91 Å². The highest BCUT2D eigenvalue weighted by Gasteiger charge is 2.51. The molecule has 34 heavy (non-hydrogen) atoms. The van der Waals surface area contributed by atoms with Crippen molar-refractivity contribution in [2.45, 2.75) is 44.1 Å². The average molecular weight is 478 g/mol. The van der Waals surface area contributed by atoms with Crippen LogP contribution in [-0.2, 0) is 9.53 Å². The maximum absolute atomic E-state index is 13.0. The van der Waals surface area contributed by atoms with E-state index in [1.165, 1.54) is 31.4 Å². The van der Waals surface area contributed by atoms with Crippen LogP contribution in [0.25, 0.3) is 0 Å². The molecular weight excluding hydrogens is 454 g/mol. The minimum atomic E-state index is -0.799. The second kappa shape index (κ2) is 7.77. The smallest absolute Gasteiger partial charge is 0.340 e. The van der Waals surface area contributed by atoms with Gasteiger partial charge in [-0.05, 0) is 68.4 Å². The van der Waals surface area contributed by atoms with Gasteiger partial charge in [-0.2, -0.15) is 0 Å². The van der Waals surface area contributed by atoms with E-state index >= 15 is 0 Å². The number of hydrogen-bond acceptors (Lipinski definition) is 5. The van der Waals surface area contributed by atoms with Crippen molar-refractivity contribution in [2.24, 2.45) is 17.8 Å². The molecule has 7 rings (SSSR count). The molecule has 5 aliphatic rings. The molecule has 4 bridgehead atoms. The zero-order valence-corrected chi connectivity index (χ0v) is 19.3. The van der Waals surface area contributed by atoms with Crippen LogP contribution in [0, 0.1) is 17.8 Å². The van der Waals surface area contributed by atoms with Crippen molar-refractivity contribution in [2.75, 3.05) is 6.61 Å². The fraction of sp³-hybridized carbons (Fsp3) is 0.407. The first-order valence-corrected chi connectivity index (χ1v) is 12.2. The van der Waals surface area contributed by atoms with E-state index in [1.54, 1.807) is 24.3 Å². The molecule has 0 aliphatic heterocycles. The molecule has 7 heteroatoms. The number of carbonyl (C=O) groups excluding carboxylic acids is 4. The predicted molar refractivity (Wildman–Crippen MR) is 124 cm³/mol. The molecule has 5 aliphatic carbocycles. The van der Waals surface area contributed by atoms with Crippen molar-refractivity contribution in [1.82, 2.24) is 5.32 Å². The van der Waals surface area contributed by atoms with E-state index < -0.39 is 18.4 Å². The Morgan fingerprint density at radius 3 is 2.09 bits per heavy atom. The van der Waals surface area contributed by atoms with Gasteiger partial charge in [0.1, 0.15) is 0 Å². The van der Waals surface area contributed by atoms with E-state index in [1.807, 2.05) is 0 Å². The van der Waals surface area contributed by atoms with Crippen molar-refractivity contribution >= 4 is 35.0 Å². The predicted octanol–water partition coefficient (Wildman–Crippen LogP) is 4.36. The SMILES string of the molecule is O=C(COC(=O)c1ccc2c(c1Cl)C(=O)c1ccccc1C2=O)NC12CC3CC(CC(C3)C1)C2. The van der Waals surface area contributed by atoms with Gasteiger partial charge in [-0.15, -0.1) is 0 Å². The van der Waals surface area contributed by atoms with Gasteiger partial charge in [0.15, 0.2) is 18.2 Å². The third-order valence-corrected chi connectivity index (χ3v) is 8.42. The van der Waals surface area contributed by atoms with Crippen LogP contribution in [0.15, 0.2) is 36.4 Å². The highest BCUT2D eigenvalue weighted by molar-refractivity contribution is 6.41. The minimum Gasteiger partial charge on any atom is -0.452 e. The Bertz CT molecular complexity index is 1230. The third kappa shape index (κ3) is 3.38. The molecule has 0 saturated heterocycles. The van der Waals surface area contributed by atoms with E-state index in [-0.39, 0.29) is 44.5 Å². The van der Waals surface area contributed by atoms with Crippen molar-refractivity contribution in [1.29, 1.82) is 0 Å². The van der Waals surface area contributed by atoms with Gasteiger partial charge in [-0.25, -0.2) is 4.79 Å². The van der Waals surface area contributed by atoms with Crippen LogP contribution in [0.4, 0.5) is 0 Å². The van der Waals surface area contributed by atoms with Gasteiger partial charge in [0.2, 0.25) is 0 Å². The lowest BCUT2D eigenvalue weighted by molar-refractivity contribution is -0.130. The molecule has 0 spiro atoms. The lowest BCUT2D eigenvalue weighted by atomic mass is 9.53. The number of amides is 1. The standard InChI is InChI=1S/C27H24ClNO5/c28-23-20(6-5-19-22(23)25(32)18-4-2-1-3-17(18)24(19)31)26(33)34-13-21(30)29-27-10-14-7-15(11-27)9-16(8-14)12-27/h1-6,14-16H,7-13H2,(H,29,30). The summed E-state index contributed by atoms with van der Waals surface area (Å²) in [7, 11) is 0. The quantitative estimate of drug-likeness (QED) is 0.564. The summed E-state index contributed by atoms with van der Waals surface area (Å²) in [5, 5.41) is 3.04. The molecule has 4 fully saturated rings. The summed E-state index contributed by atoms with van der Waals surface area (Å²) in [6.07, 6.45) is 6.83. The second-order valence-electron chi connectivity index (χ2n) is 10.4. The summed E-state index contributed by atoms with van der Waals surface area (Å²) in [5.41, 5.74) is 0.517. The second-order valence-corrected chi connectivity index (χ2v) is 10.8. The number of esters is 1. The van der Waals surface area contributed by atoms with Gasteiger partial charge < -0.3 is 10.1 Å². The lowest BCUT2D eigenvalue weighted by Crippen LogP contribution is -2.60. The molecular formula is C27H24ClNO5. The van der Waals surface area contributed by atoms with E-state index in [0.717, 1.165) is 19.3 Å². The molecule has 0 heterocycles. The van der Waals surface area contributed by atoms with Crippen LogP contribution in [-0.4, -0.2) is 35.6 Å². The summed E-state index contributed by atoms with van der Waals surface area (Å²) in [4.78, 5) is 51.3. The maximum atomic E-state index is 13.0. The Hall–Kier alpha value is -2.99. The molecule has 0 unspecified atom stereocenters. The Morgan fingerprint density at radius 1 is 0.882 bits per heavy atom. The molecule has 0 aromatic heterocycles. The number of ether oxygens (including phenoxy) is 1. The van der Waals surface area contributed by atoms with Gasteiger partial charge in [-0.1, -0.05) is 35.9 Å². The highest BCUT2D eigenvalue weighted by Crippen LogP contribution is 2.55. The Morgan fingerprint density at radius 2 is 1.47 bits per heavy atom. The Labute approximate surface area is 202 Å². The van der Waals surface area contributed by atoms with Gasteiger partial charge in [0.05, 0.1) is 16.1 Å². The topological polar surface area (TPSA) is 89.5 Å². The van der Waals surface area contributed by atoms with E-state index in [2.05, 4.69) is 5.32 Å². The Kier molecular flexibility index (Phi) is 4.92. The lowest BCUT2D eigenvalue weighted by Gasteiger charge is -2.56. The minimum absolute atomic E-state index is 0.00200.